The number of benzene rings is 1. The van der Waals surface area contributed by atoms with E-state index in [0.717, 1.165) is 49.6 Å². The largest absolute Gasteiger partial charge is 0.488 e. The zero-order valence-corrected chi connectivity index (χ0v) is 15.5. The summed E-state index contributed by atoms with van der Waals surface area (Å²) in [5.74, 6) is 0.763. The van der Waals surface area contributed by atoms with E-state index in [-0.39, 0.29) is 16.4 Å². The predicted molar refractivity (Wildman–Crippen MR) is 102 cm³/mol. The number of nitrogens with one attached hydrogen (secondary N) is 1. The Hall–Kier alpha value is -1.79. The van der Waals surface area contributed by atoms with Gasteiger partial charge in [-0.25, -0.2) is 0 Å². The number of carbonyl (C=O) groups is 2. The van der Waals surface area contributed by atoms with Gasteiger partial charge in [-0.05, 0) is 48.4 Å². The smallest absolute Gasteiger partial charge is 0.286 e. The van der Waals surface area contributed by atoms with Crippen LogP contribution in [-0.2, 0) is 17.8 Å². The maximum absolute atomic E-state index is 11.5. The van der Waals surface area contributed by atoms with E-state index < -0.39 is 0 Å². The van der Waals surface area contributed by atoms with Gasteiger partial charge in [0.15, 0.2) is 0 Å². The first-order valence-corrected chi connectivity index (χ1v) is 10.2. The molecule has 3 rings (SSSR count). The summed E-state index contributed by atoms with van der Waals surface area (Å²) in [6.45, 7) is 0.617. The third kappa shape index (κ3) is 5.61. The monoisotopic (exact) mass is 375 g/mol. The fraction of sp³-hybridized carbons (Fsp3) is 0.368. The van der Waals surface area contributed by atoms with Gasteiger partial charge in [0.25, 0.3) is 5.24 Å². The molecule has 2 amide bonds. The van der Waals surface area contributed by atoms with Crippen LogP contribution in [0.5, 0.6) is 5.75 Å². The van der Waals surface area contributed by atoms with E-state index in [2.05, 4.69) is 28.9 Å². The minimum absolute atomic E-state index is 0.131. The molecule has 1 aliphatic heterocycles. The Morgan fingerprint density at radius 1 is 1.04 bits per heavy atom. The van der Waals surface area contributed by atoms with Gasteiger partial charge in [-0.1, -0.05) is 42.8 Å². The number of hydrogen-bond acceptors (Lipinski definition) is 5. The van der Waals surface area contributed by atoms with Crippen LogP contribution in [0.2, 0.25) is 0 Å². The molecule has 1 aromatic heterocycles. The predicted octanol–water partition coefficient (Wildman–Crippen LogP) is 4.78. The highest BCUT2D eigenvalue weighted by molar-refractivity contribution is 8.15. The summed E-state index contributed by atoms with van der Waals surface area (Å²) in [4.78, 5) is 23.8. The molecular weight excluding hydrogens is 354 g/mol. The molecule has 4 nitrogen and oxygen atoms in total. The molecule has 1 aliphatic rings. The van der Waals surface area contributed by atoms with Crippen LogP contribution in [0.3, 0.4) is 0 Å². The number of thiophene rings is 1. The molecule has 1 saturated heterocycles. The van der Waals surface area contributed by atoms with Gasteiger partial charge < -0.3 is 4.74 Å². The molecule has 1 atom stereocenters. The lowest BCUT2D eigenvalue weighted by molar-refractivity contribution is -0.119. The normalized spacial score (nSPS) is 16.9. The van der Waals surface area contributed by atoms with Crippen LogP contribution in [0.25, 0.3) is 0 Å². The van der Waals surface area contributed by atoms with Crippen molar-refractivity contribution in [2.45, 2.75) is 44.0 Å². The average molecular weight is 376 g/mol. The first kappa shape index (κ1) is 18.0. The summed E-state index contributed by atoms with van der Waals surface area (Å²) in [6, 6.07) is 12.4. The molecule has 2 heterocycles. The van der Waals surface area contributed by atoms with Gasteiger partial charge >= 0.3 is 0 Å². The Labute approximate surface area is 156 Å². The first-order valence-electron chi connectivity index (χ1n) is 8.46. The van der Waals surface area contributed by atoms with E-state index in [1.165, 1.54) is 10.4 Å². The van der Waals surface area contributed by atoms with Gasteiger partial charge in [0.2, 0.25) is 5.91 Å². The number of carbonyl (C=O) groups excluding carboxylic acids is 2. The maximum atomic E-state index is 11.5. The summed E-state index contributed by atoms with van der Waals surface area (Å²) in [7, 11) is 0. The van der Waals surface area contributed by atoms with Crippen LogP contribution in [0.4, 0.5) is 4.79 Å². The lowest BCUT2D eigenvalue weighted by atomic mass is 10.1. The van der Waals surface area contributed by atoms with Crippen molar-refractivity contribution in [3.8, 4) is 5.75 Å². The molecule has 25 heavy (non-hydrogen) atoms. The van der Waals surface area contributed by atoms with Crippen molar-refractivity contribution < 1.29 is 14.3 Å². The molecule has 6 heteroatoms. The Morgan fingerprint density at radius 2 is 1.88 bits per heavy atom. The van der Waals surface area contributed by atoms with Gasteiger partial charge in [-0.2, -0.15) is 0 Å². The topological polar surface area (TPSA) is 55.4 Å². The van der Waals surface area contributed by atoms with Gasteiger partial charge in [-0.15, -0.1) is 11.3 Å². The van der Waals surface area contributed by atoms with Crippen molar-refractivity contribution in [3.05, 3.63) is 52.2 Å². The molecule has 132 valence electrons. The molecule has 0 spiro atoms. The van der Waals surface area contributed by atoms with Crippen molar-refractivity contribution in [3.63, 3.8) is 0 Å². The number of aryl methyl sites for hydroxylation is 1. The fourth-order valence-corrected chi connectivity index (χ4v) is 4.20. The molecular formula is C19H21NO3S2. The Kier molecular flexibility index (Phi) is 6.53. The summed E-state index contributed by atoms with van der Waals surface area (Å²) in [6.07, 6.45) is 4.92. The fourth-order valence-electron chi connectivity index (χ4n) is 2.72. The molecule has 1 unspecified atom stereocenters. The lowest BCUT2D eigenvalue weighted by Gasteiger charge is -2.07. The van der Waals surface area contributed by atoms with Gasteiger partial charge in [0.05, 0.1) is 5.25 Å². The summed E-state index contributed by atoms with van der Waals surface area (Å²) < 4.78 is 5.77. The number of unbranched alkanes of at least 4 members (excludes halogenated alkanes) is 2. The minimum atomic E-state index is -0.212. The van der Waals surface area contributed by atoms with Crippen LogP contribution in [-0.4, -0.2) is 16.4 Å². The third-order valence-corrected chi connectivity index (χ3v) is 5.98. The van der Waals surface area contributed by atoms with Crippen LogP contribution in [0.1, 0.15) is 36.1 Å². The molecule has 0 saturated carbocycles. The van der Waals surface area contributed by atoms with Crippen LogP contribution >= 0.6 is 23.1 Å². The van der Waals surface area contributed by atoms with Crippen LogP contribution in [0.15, 0.2) is 41.8 Å². The second-order valence-electron chi connectivity index (χ2n) is 5.99. The first-order chi connectivity index (χ1) is 12.2. The Bertz CT molecular complexity index is 698. The number of imide groups is 1. The highest BCUT2D eigenvalue weighted by atomic mass is 32.2. The van der Waals surface area contributed by atoms with Crippen LogP contribution in [0, 0.1) is 0 Å². The summed E-state index contributed by atoms with van der Waals surface area (Å²) in [5, 5.41) is 3.99. The van der Waals surface area contributed by atoms with Crippen molar-refractivity contribution in [1.29, 1.82) is 0 Å². The van der Waals surface area contributed by atoms with Crippen LogP contribution < -0.4 is 10.1 Å². The molecule has 1 aromatic carbocycles. The third-order valence-electron chi connectivity index (χ3n) is 4.08. The lowest BCUT2D eigenvalue weighted by Crippen LogP contribution is -2.24. The molecule has 0 radical (unpaired) electrons. The molecule has 0 aliphatic carbocycles. The number of thioether (sulfide) groups is 1. The van der Waals surface area contributed by atoms with Gasteiger partial charge in [0, 0.05) is 4.88 Å². The number of hydrogen-bond donors (Lipinski definition) is 1. The average Bonchev–Trinajstić information content (AvgIpc) is 3.23. The van der Waals surface area contributed by atoms with Gasteiger partial charge in [0.1, 0.15) is 12.4 Å². The van der Waals surface area contributed by atoms with E-state index in [9.17, 15) is 9.59 Å². The van der Waals surface area contributed by atoms with Crippen molar-refractivity contribution in [2.75, 3.05) is 0 Å². The molecule has 2 aromatic rings. The molecule has 1 N–H and O–H groups in total. The molecule has 0 bridgehead atoms. The van der Waals surface area contributed by atoms with Crippen molar-refractivity contribution >= 4 is 34.2 Å². The SMILES string of the molecule is O=C1NC(=O)C(CCCCCc2ccc(OCc3cccs3)cc2)S1. The minimum Gasteiger partial charge on any atom is -0.488 e. The van der Waals surface area contributed by atoms with E-state index >= 15 is 0 Å². The van der Waals surface area contributed by atoms with Crippen molar-refractivity contribution in [2.24, 2.45) is 0 Å². The zero-order chi connectivity index (χ0) is 17.5. The Morgan fingerprint density at radius 3 is 2.56 bits per heavy atom. The second kappa shape index (κ2) is 9.06. The van der Waals surface area contributed by atoms with Gasteiger partial charge in [-0.3, -0.25) is 14.9 Å². The standard InChI is InChI=1S/C19H21NO3S2/c21-18-17(25-19(22)20-18)7-3-1-2-5-14-8-10-15(11-9-14)23-13-16-6-4-12-24-16/h4,6,8-12,17H,1-3,5,7,13H2,(H,20,21,22). The van der Waals surface area contributed by atoms with E-state index in [0.29, 0.717) is 6.61 Å². The van der Waals surface area contributed by atoms with E-state index in [1.54, 1.807) is 11.3 Å². The highest BCUT2D eigenvalue weighted by Gasteiger charge is 2.30. The van der Waals surface area contributed by atoms with E-state index in [1.807, 2.05) is 18.2 Å². The summed E-state index contributed by atoms with van der Waals surface area (Å²) >= 11 is 2.82. The maximum Gasteiger partial charge on any atom is 0.286 e. The van der Waals surface area contributed by atoms with Crippen molar-refractivity contribution in [1.82, 2.24) is 5.32 Å². The second-order valence-corrected chi connectivity index (χ2v) is 8.20. The number of amides is 2. The number of ether oxygens (including phenoxy) is 1. The quantitative estimate of drug-likeness (QED) is 0.641. The Balaban J connectivity index is 1.32. The summed E-state index contributed by atoms with van der Waals surface area (Å²) in [5.41, 5.74) is 1.30. The molecule has 1 fully saturated rings. The number of rotatable bonds is 9. The van der Waals surface area contributed by atoms with E-state index in [4.69, 9.17) is 4.74 Å². The zero-order valence-electron chi connectivity index (χ0n) is 13.9. The highest BCUT2D eigenvalue weighted by Crippen LogP contribution is 2.24.